The van der Waals surface area contributed by atoms with Crippen molar-refractivity contribution < 1.29 is 13.5 Å². The number of hydrogen-bond donors (Lipinski definition) is 2. The summed E-state index contributed by atoms with van der Waals surface area (Å²) in [4.78, 5) is 0.496. The maximum Gasteiger partial charge on any atom is 0.236 e. The van der Waals surface area contributed by atoms with E-state index in [1.54, 1.807) is 0 Å². The number of thiol groups is 1. The summed E-state index contributed by atoms with van der Waals surface area (Å²) >= 11 is 3.98. The molecule has 6 heteroatoms. The van der Waals surface area contributed by atoms with Gasteiger partial charge in [0.05, 0.1) is 5.75 Å². The SMILES string of the molecule is O=S(=O)(Cl)Cc1cc(O)cc(S)c1. The maximum atomic E-state index is 10.7. The Balaban J connectivity index is 3.03. The van der Waals surface area contributed by atoms with Gasteiger partial charge in [-0.2, -0.15) is 0 Å². The predicted octanol–water partition coefficient (Wildman–Crippen LogP) is 1.75. The van der Waals surface area contributed by atoms with Crippen LogP contribution in [0.5, 0.6) is 5.75 Å². The average molecular weight is 239 g/mol. The zero-order valence-corrected chi connectivity index (χ0v) is 8.90. The molecule has 72 valence electrons. The van der Waals surface area contributed by atoms with E-state index in [-0.39, 0.29) is 11.5 Å². The number of phenols is 1. The third-order valence-corrected chi connectivity index (χ3v) is 2.57. The fraction of sp³-hybridized carbons (Fsp3) is 0.143. The summed E-state index contributed by atoms with van der Waals surface area (Å²) in [6.45, 7) is 0. The molecule has 0 bridgehead atoms. The van der Waals surface area contributed by atoms with E-state index in [0.717, 1.165) is 0 Å². The van der Waals surface area contributed by atoms with Gasteiger partial charge in [0.1, 0.15) is 5.75 Å². The molecule has 0 aliphatic carbocycles. The van der Waals surface area contributed by atoms with E-state index in [1.807, 2.05) is 0 Å². The Morgan fingerprint density at radius 1 is 1.38 bits per heavy atom. The minimum Gasteiger partial charge on any atom is -0.508 e. The van der Waals surface area contributed by atoms with Crippen LogP contribution in [0, 0.1) is 0 Å². The van der Waals surface area contributed by atoms with Crippen LogP contribution in [0.3, 0.4) is 0 Å². The molecule has 0 atom stereocenters. The number of hydrogen-bond acceptors (Lipinski definition) is 4. The van der Waals surface area contributed by atoms with Gasteiger partial charge in [0.15, 0.2) is 0 Å². The monoisotopic (exact) mass is 238 g/mol. The molecule has 0 aromatic heterocycles. The lowest BCUT2D eigenvalue weighted by Crippen LogP contribution is -1.94. The zero-order chi connectivity index (χ0) is 10.1. The van der Waals surface area contributed by atoms with Crippen molar-refractivity contribution in [3.63, 3.8) is 0 Å². The van der Waals surface area contributed by atoms with Crippen molar-refractivity contribution in [1.82, 2.24) is 0 Å². The van der Waals surface area contributed by atoms with Gasteiger partial charge < -0.3 is 5.11 Å². The van der Waals surface area contributed by atoms with Crippen LogP contribution in [-0.4, -0.2) is 13.5 Å². The summed E-state index contributed by atoms with van der Waals surface area (Å²) in [5.74, 6) is -0.334. The second-order valence-corrected chi connectivity index (χ2v) is 5.83. The van der Waals surface area contributed by atoms with Crippen LogP contribution < -0.4 is 0 Å². The molecule has 3 nitrogen and oxygen atoms in total. The highest BCUT2D eigenvalue weighted by atomic mass is 35.7. The Hall–Kier alpha value is -0.390. The molecule has 0 aliphatic rings. The van der Waals surface area contributed by atoms with Gasteiger partial charge >= 0.3 is 0 Å². The van der Waals surface area contributed by atoms with Gasteiger partial charge in [0, 0.05) is 15.6 Å². The minimum absolute atomic E-state index is 0.0252. The number of phenolic OH excluding ortho intramolecular Hbond substituents is 1. The lowest BCUT2D eigenvalue weighted by atomic mass is 10.2. The van der Waals surface area contributed by atoms with Gasteiger partial charge in [0.25, 0.3) is 0 Å². The molecule has 1 aromatic rings. The molecule has 13 heavy (non-hydrogen) atoms. The van der Waals surface area contributed by atoms with Crippen molar-refractivity contribution in [2.24, 2.45) is 0 Å². The number of benzene rings is 1. The molecule has 1 rings (SSSR count). The molecule has 0 aliphatic heterocycles. The van der Waals surface area contributed by atoms with Crippen molar-refractivity contribution in [1.29, 1.82) is 0 Å². The summed E-state index contributed by atoms with van der Waals surface area (Å²) in [7, 11) is 1.45. The van der Waals surface area contributed by atoms with E-state index >= 15 is 0 Å². The van der Waals surface area contributed by atoms with E-state index in [0.29, 0.717) is 10.5 Å². The van der Waals surface area contributed by atoms with Crippen LogP contribution >= 0.6 is 23.3 Å². The third kappa shape index (κ3) is 3.89. The fourth-order valence-electron chi connectivity index (χ4n) is 0.939. The summed E-state index contributed by atoms with van der Waals surface area (Å²) in [6, 6.07) is 4.27. The van der Waals surface area contributed by atoms with E-state index in [4.69, 9.17) is 15.8 Å². The number of aromatic hydroxyl groups is 1. The highest BCUT2D eigenvalue weighted by Gasteiger charge is 2.08. The van der Waals surface area contributed by atoms with Crippen molar-refractivity contribution in [2.75, 3.05) is 0 Å². The predicted molar refractivity (Wildman–Crippen MR) is 53.8 cm³/mol. The van der Waals surface area contributed by atoms with Crippen molar-refractivity contribution in [3.8, 4) is 5.75 Å². The smallest absolute Gasteiger partial charge is 0.236 e. The van der Waals surface area contributed by atoms with Gasteiger partial charge in [-0.25, -0.2) is 8.42 Å². The Kier molecular flexibility index (Phi) is 3.10. The van der Waals surface area contributed by atoms with Gasteiger partial charge in [0.2, 0.25) is 9.05 Å². The van der Waals surface area contributed by atoms with Gasteiger partial charge in [-0.1, -0.05) is 0 Å². The summed E-state index contributed by atoms with van der Waals surface area (Å²) in [5, 5.41) is 9.10. The Bertz CT molecular complexity index is 393. The Morgan fingerprint density at radius 3 is 2.46 bits per heavy atom. The molecular formula is C7H7ClO3S2. The molecule has 0 saturated carbocycles. The second-order valence-electron chi connectivity index (χ2n) is 2.54. The van der Waals surface area contributed by atoms with E-state index in [9.17, 15) is 8.42 Å². The Labute approximate surface area is 86.2 Å². The van der Waals surface area contributed by atoms with Crippen LogP contribution in [-0.2, 0) is 14.8 Å². The normalized spacial score (nSPS) is 11.5. The largest absolute Gasteiger partial charge is 0.508 e. The van der Waals surface area contributed by atoms with E-state index in [1.165, 1.54) is 18.2 Å². The highest BCUT2D eigenvalue weighted by Crippen LogP contribution is 2.20. The molecule has 0 amide bonds. The molecule has 0 fully saturated rings. The average Bonchev–Trinajstić information content (AvgIpc) is 1.78. The van der Waals surface area contributed by atoms with Crippen LogP contribution in [0.1, 0.15) is 5.56 Å². The second kappa shape index (κ2) is 3.77. The summed E-state index contributed by atoms with van der Waals surface area (Å²) in [5.41, 5.74) is 0.417. The van der Waals surface area contributed by atoms with Crippen LogP contribution in [0.2, 0.25) is 0 Å². The highest BCUT2D eigenvalue weighted by molar-refractivity contribution is 8.13. The van der Waals surface area contributed by atoms with Crippen molar-refractivity contribution in [2.45, 2.75) is 10.6 Å². The van der Waals surface area contributed by atoms with Crippen LogP contribution in [0.15, 0.2) is 23.1 Å². The third-order valence-electron chi connectivity index (χ3n) is 1.30. The number of rotatable bonds is 2. The maximum absolute atomic E-state index is 10.7. The van der Waals surface area contributed by atoms with Crippen molar-refractivity contribution in [3.05, 3.63) is 23.8 Å². The fourth-order valence-corrected chi connectivity index (χ4v) is 2.18. The lowest BCUT2D eigenvalue weighted by molar-refractivity contribution is 0.473. The molecule has 0 radical (unpaired) electrons. The first-order valence-corrected chi connectivity index (χ1v) is 6.23. The van der Waals surface area contributed by atoms with Gasteiger partial charge in [-0.3, -0.25) is 0 Å². The van der Waals surface area contributed by atoms with Crippen LogP contribution in [0.25, 0.3) is 0 Å². The molecule has 1 N–H and O–H groups in total. The number of halogens is 1. The van der Waals surface area contributed by atoms with Crippen LogP contribution in [0.4, 0.5) is 0 Å². The molecule has 1 aromatic carbocycles. The first kappa shape index (κ1) is 10.7. The molecule has 0 unspecified atom stereocenters. The molecule has 0 spiro atoms. The minimum atomic E-state index is -3.58. The Morgan fingerprint density at radius 2 is 2.00 bits per heavy atom. The first-order valence-electron chi connectivity index (χ1n) is 3.31. The van der Waals surface area contributed by atoms with Crippen molar-refractivity contribution >= 4 is 32.4 Å². The lowest BCUT2D eigenvalue weighted by Gasteiger charge is -2.00. The molecular weight excluding hydrogens is 232 g/mol. The van der Waals surface area contributed by atoms with Gasteiger partial charge in [-0.05, 0) is 23.8 Å². The topological polar surface area (TPSA) is 54.4 Å². The summed E-state index contributed by atoms with van der Waals surface area (Å²) in [6.07, 6.45) is 0. The molecule has 0 saturated heterocycles. The van der Waals surface area contributed by atoms with E-state index < -0.39 is 9.05 Å². The van der Waals surface area contributed by atoms with Gasteiger partial charge in [-0.15, -0.1) is 12.6 Å². The standard InChI is InChI=1S/C7H7ClO3S2/c8-13(10,11)4-5-1-6(9)3-7(12)2-5/h1-3,9,12H,4H2. The summed E-state index contributed by atoms with van der Waals surface area (Å²) < 4.78 is 21.4. The van der Waals surface area contributed by atoms with E-state index in [2.05, 4.69) is 12.6 Å². The zero-order valence-electron chi connectivity index (χ0n) is 6.44. The first-order chi connectivity index (χ1) is 5.87. The molecule has 0 heterocycles. The quantitative estimate of drug-likeness (QED) is 0.610.